The van der Waals surface area contributed by atoms with Gasteiger partial charge in [-0.25, -0.2) is 4.98 Å². The number of aromatic nitrogens is 5. The molecule has 0 saturated carbocycles. The lowest BCUT2D eigenvalue weighted by atomic mass is 10.4. The molecule has 20 heavy (non-hydrogen) atoms. The molecule has 3 aromatic heterocycles. The van der Waals surface area contributed by atoms with Gasteiger partial charge < -0.3 is 4.52 Å². The van der Waals surface area contributed by atoms with Crippen LogP contribution in [0.4, 0.5) is 0 Å². The van der Waals surface area contributed by atoms with Crippen LogP contribution in [-0.4, -0.2) is 25.3 Å². The van der Waals surface area contributed by atoms with E-state index in [2.05, 4.69) is 25.3 Å². The van der Waals surface area contributed by atoms with Gasteiger partial charge in [-0.3, -0.25) is 5.10 Å². The van der Waals surface area contributed by atoms with Crippen LogP contribution in [0, 0.1) is 0 Å². The third-order valence-corrected chi connectivity index (χ3v) is 4.47. The molecule has 1 unspecified atom stereocenters. The van der Waals surface area contributed by atoms with Crippen LogP contribution >= 0.6 is 23.1 Å². The third-order valence-electron chi connectivity index (χ3n) is 2.66. The minimum absolute atomic E-state index is 0.0109. The third kappa shape index (κ3) is 2.75. The highest BCUT2D eigenvalue weighted by Crippen LogP contribution is 2.33. The number of hydrogen-bond acceptors (Lipinski definition) is 7. The van der Waals surface area contributed by atoms with E-state index in [4.69, 9.17) is 4.52 Å². The van der Waals surface area contributed by atoms with E-state index in [0.29, 0.717) is 16.9 Å². The van der Waals surface area contributed by atoms with Crippen molar-refractivity contribution in [1.29, 1.82) is 0 Å². The van der Waals surface area contributed by atoms with Gasteiger partial charge in [0.15, 0.2) is 0 Å². The van der Waals surface area contributed by atoms with Gasteiger partial charge in [-0.05, 0) is 18.4 Å². The van der Waals surface area contributed by atoms with Crippen LogP contribution in [0.1, 0.15) is 30.8 Å². The van der Waals surface area contributed by atoms with Crippen molar-refractivity contribution >= 4 is 23.1 Å². The first-order valence-corrected chi connectivity index (χ1v) is 7.97. The van der Waals surface area contributed by atoms with Gasteiger partial charge in [0.1, 0.15) is 5.82 Å². The Kier molecular flexibility index (Phi) is 3.83. The van der Waals surface area contributed by atoms with Crippen molar-refractivity contribution in [3.05, 3.63) is 29.2 Å². The molecule has 0 bridgehead atoms. The van der Waals surface area contributed by atoms with Gasteiger partial charge in [-0.2, -0.15) is 4.98 Å². The van der Waals surface area contributed by atoms with E-state index in [9.17, 15) is 0 Å². The summed E-state index contributed by atoms with van der Waals surface area (Å²) in [4.78, 5) is 9.78. The van der Waals surface area contributed by atoms with Crippen molar-refractivity contribution in [3.8, 4) is 10.7 Å². The molecule has 0 aliphatic rings. The fraction of sp³-hybridized carbons (Fsp3) is 0.333. The SMILES string of the molecule is CCc1nc(SC(C)c2nc(-c3cccs3)no2)n[nH]1. The summed E-state index contributed by atoms with van der Waals surface area (Å²) in [5.41, 5.74) is 0. The molecule has 1 N–H and O–H groups in total. The highest BCUT2D eigenvalue weighted by Gasteiger charge is 2.18. The smallest absolute Gasteiger partial charge is 0.240 e. The Balaban J connectivity index is 1.72. The number of thiophene rings is 1. The highest BCUT2D eigenvalue weighted by molar-refractivity contribution is 7.99. The van der Waals surface area contributed by atoms with Crippen LogP contribution in [0.15, 0.2) is 27.2 Å². The number of aryl methyl sites for hydroxylation is 1. The molecule has 0 amide bonds. The van der Waals surface area contributed by atoms with E-state index < -0.39 is 0 Å². The lowest BCUT2D eigenvalue weighted by molar-refractivity contribution is 0.381. The van der Waals surface area contributed by atoms with Crippen LogP contribution in [0.3, 0.4) is 0 Å². The van der Waals surface area contributed by atoms with Crippen LogP contribution in [0.5, 0.6) is 0 Å². The van der Waals surface area contributed by atoms with E-state index in [1.54, 1.807) is 11.3 Å². The van der Waals surface area contributed by atoms with Crippen molar-refractivity contribution in [2.45, 2.75) is 30.7 Å². The minimum Gasteiger partial charge on any atom is -0.338 e. The van der Waals surface area contributed by atoms with Gasteiger partial charge in [-0.15, -0.1) is 16.4 Å². The molecule has 0 radical (unpaired) electrons. The molecule has 0 saturated heterocycles. The predicted octanol–water partition coefficient (Wildman–Crippen LogP) is 3.33. The predicted molar refractivity (Wildman–Crippen MR) is 77.6 cm³/mol. The molecule has 3 rings (SSSR count). The van der Waals surface area contributed by atoms with Crippen LogP contribution < -0.4 is 0 Å². The van der Waals surface area contributed by atoms with Crippen molar-refractivity contribution in [1.82, 2.24) is 25.3 Å². The highest BCUT2D eigenvalue weighted by atomic mass is 32.2. The number of hydrogen-bond donors (Lipinski definition) is 1. The first kappa shape index (κ1) is 13.3. The standard InChI is InChI=1S/C12H13N5OS2/c1-3-9-13-12(16-15-9)20-7(2)11-14-10(17-18-11)8-5-4-6-19-8/h4-7H,3H2,1-2H3,(H,13,15,16). The number of H-pyrrole nitrogens is 1. The molecule has 0 fully saturated rings. The summed E-state index contributed by atoms with van der Waals surface area (Å²) in [5.74, 6) is 2.09. The zero-order valence-electron chi connectivity index (χ0n) is 11.0. The van der Waals surface area contributed by atoms with Crippen molar-refractivity contribution in [2.24, 2.45) is 0 Å². The Morgan fingerprint density at radius 1 is 1.45 bits per heavy atom. The number of nitrogens with zero attached hydrogens (tertiary/aromatic N) is 4. The first-order valence-electron chi connectivity index (χ1n) is 6.21. The van der Waals surface area contributed by atoms with Crippen molar-refractivity contribution in [2.75, 3.05) is 0 Å². The molecule has 3 heterocycles. The summed E-state index contributed by atoms with van der Waals surface area (Å²) in [7, 11) is 0. The van der Waals surface area contributed by atoms with Gasteiger partial charge >= 0.3 is 0 Å². The topological polar surface area (TPSA) is 80.5 Å². The second-order valence-corrected chi connectivity index (χ2v) is 6.37. The van der Waals surface area contributed by atoms with Gasteiger partial charge in [0, 0.05) is 6.42 Å². The van der Waals surface area contributed by atoms with E-state index in [0.717, 1.165) is 17.1 Å². The van der Waals surface area contributed by atoms with Gasteiger partial charge in [-0.1, -0.05) is 29.9 Å². The van der Waals surface area contributed by atoms with Crippen molar-refractivity contribution in [3.63, 3.8) is 0 Å². The zero-order valence-corrected chi connectivity index (χ0v) is 12.7. The Morgan fingerprint density at radius 2 is 2.35 bits per heavy atom. The molecule has 0 aliphatic carbocycles. The van der Waals surface area contributed by atoms with E-state index >= 15 is 0 Å². The normalized spacial score (nSPS) is 12.7. The Morgan fingerprint density at radius 3 is 3.05 bits per heavy atom. The Hall–Kier alpha value is -1.67. The average Bonchev–Trinajstić information content (AvgIpc) is 3.19. The summed E-state index contributed by atoms with van der Waals surface area (Å²) in [6.45, 7) is 4.03. The van der Waals surface area contributed by atoms with Crippen LogP contribution in [0.25, 0.3) is 10.7 Å². The summed E-state index contributed by atoms with van der Waals surface area (Å²) in [5, 5.41) is 13.7. The summed E-state index contributed by atoms with van der Waals surface area (Å²) < 4.78 is 5.31. The number of aromatic amines is 1. The molecule has 6 nitrogen and oxygen atoms in total. The molecule has 0 aromatic carbocycles. The maximum atomic E-state index is 5.31. The average molecular weight is 307 g/mol. The summed E-state index contributed by atoms with van der Waals surface area (Å²) in [6.07, 6.45) is 0.838. The largest absolute Gasteiger partial charge is 0.338 e. The minimum atomic E-state index is 0.0109. The number of rotatable bonds is 5. The number of nitrogens with one attached hydrogen (secondary N) is 1. The number of thioether (sulfide) groups is 1. The van der Waals surface area contributed by atoms with Crippen molar-refractivity contribution < 1.29 is 4.52 Å². The molecule has 1 atom stereocenters. The molecule has 0 aliphatic heterocycles. The fourth-order valence-electron chi connectivity index (χ4n) is 1.60. The second kappa shape index (κ2) is 5.76. The lowest BCUT2D eigenvalue weighted by Crippen LogP contribution is -1.90. The summed E-state index contributed by atoms with van der Waals surface area (Å²) >= 11 is 3.09. The van der Waals surface area contributed by atoms with Gasteiger partial charge in [0.05, 0.1) is 10.1 Å². The molecule has 3 aromatic rings. The maximum absolute atomic E-state index is 5.31. The van der Waals surface area contributed by atoms with E-state index in [1.165, 1.54) is 11.8 Å². The van der Waals surface area contributed by atoms with Crippen LogP contribution in [0.2, 0.25) is 0 Å². The summed E-state index contributed by atoms with van der Waals surface area (Å²) in [6, 6.07) is 3.94. The molecule has 104 valence electrons. The zero-order chi connectivity index (χ0) is 13.9. The molecule has 0 spiro atoms. The van der Waals surface area contributed by atoms with Gasteiger partial charge in [0.25, 0.3) is 0 Å². The van der Waals surface area contributed by atoms with E-state index in [1.807, 2.05) is 31.4 Å². The van der Waals surface area contributed by atoms with Gasteiger partial charge in [0.2, 0.25) is 16.9 Å². The monoisotopic (exact) mass is 307 g/mol. The molecular weight excluding hydrogens is 294 g/mol. The molecular formula is C12H13N5OS2. The quantitative estimate of drug-likeness (QED) is 0.728. The lowest BCUT2D eigenvalue weighted by Gasteiger charge is -2.00. The molecule has 8 heteroatoms. The fourth-order valence-corrected chi connectivity index (χ4v) is 3.03. The Labute approximate surface area is 124 Å². The second-order valence-electron chi connectivity index (χ2n) is 4.11. The van der Waals surface area contributed by atoms with Crippen LogP contribution in [-0.2, 0) is 6.42 Å². The first-order chi connectivity index (χ1) is 9.76. The maximum Gasteiger partial charge on any atom is 0.240 e. The van der Waals surface area contributed by atoms with E-state index in [-0.39, 0.29) is 5.25 Å². The Bertz CT molecular complexity index is 676.